The summed E-state index contributed by atoms with van der Waals surface area (Å²) in [5.41, 5.74) is 3.53. The Balaban J connectivity index is 1.47. The molecule has 8 nitrogen and oxygen atoms in total. The molecule has 148 valence electrons. The summed E-state index contributed by atoms with van der Waals surface area (Å²) >= 11 is 0. The molecule has 1 aromatic carbocycles. The second-order valence-corrected chi connectivity index (χ2v) is 6.71. The lowest BCUT2D eigenvalue weighted by Gasteiger charge is -2.23. The van der Waals surface area contributed by atoms with Crippen LogP contribution in [0.3, 0.4) is 0 Å². The molecule has 29 heavy (non-hydrogen) atoms. The van der Waals surface area contributed by atoms with Crippen molar-refractivity contribution in [3.8, 4) is 33.9 Å². The van der Waals surface area contributed by atoms with Crippen LogP contribution in [0.2, 0.25) is 0 Å². The number of aromatic nitrogens is 3. The van der Waals surface area contributed by atoms with Gasteiger partial charge in [-0.3, -0.25) is 4.98 Å². The van der Waals surface area contributed by atoms with Crippen molar-refractivity contribution in [2.75, 3.05) is 38.5 Å². The van der Waals surface area contributed by atoms with Crippen LogP contribution in [0.5, 0.6) is 11.5 Å². The third-order valence-electron chi connectivity index (χ3n) is 4.78. The molecule has 8 heteroatoms. The van der Waals surface area contributed by atoms with E-state index in [0.717, 1.165) is 33.9 Å². The second kappa shape index (κ2) is 8.02. The molecule has 0 bridgehead atoms. The molecule has 1 unspecified atom stereocenters. The van der Waals surface area contributed by atoms with E-state index < -0.39 is 0 Å². The molecule has 0 amide bonds. The largest absolute Gasteiger partial charge is 0.454 e. The highest BCUT2D eigenvalue weighted by Crippen LogP contribution is 2.38. The van der Waals surface area contributed by atoms with Crippen LogP contribution in [-0.2, 0) is 9.47 Å². The summed E-state index contributed by atoms with van der Waals surface area (Å²) in [5, 5.41) is 3.25. The third kappa shape index (κ3) is 3.85. The predicted octanol–water partition coefficient (Wildman–Crippen LogP) is 2.76. The van der Waals surface area contributed by atoms with Gasteiger partial charge in [0.1, 0.15) is 0 Å². The van der Waals surface area contributed by atoms with Gasteiger partial charge < -0.3 is 24.3 Å². The molecular weight excluding hydrogens is 372 g/mol. The van der Waals surface area contributed by atoms with Gasteiger partial charge in [-0.1, -0.05) is 6.07 Å². The van der Waals surface area contributed by atoms with Crippen LogP contribution in [0, 0.1) is 0 Å². The molecule has 0 spiro atoms. The van der Waals surface area contributed by atoms with E-state index in [9.17, 15) is 0 Å². The smallest absolute Gasteiger partial charge is 0.231 e. The van der Waals surface area contributed by atoms with E-state index in [-0.39, 0.29) is 12.9 Å². The van der Waals surface area contributed by atoms with Gasteiger partial charge in [-0.2, -0.15) is 0 Å². The Morgan fingerprint density at radius 3 is 2.86 bits per heavy atom. The zero-order chi connectivity index (χ0) is 19.5. The lowest BCUT2D eigenvalue weighted by Crippen LogP contribution is -2.34. The van der Waals surface area contributed by atoms with Crippen LogP contribution >= 0.6 is 0 Å². The first kappa shape index (κ1) is 17.8. The van der Waals surface area contributed by atoms with Gasteiger partial charge in [0.15, 0.2) is 11.5 Å². The van der Waals surface area contributed by atoms with Crippen molar-refractivity contribution >= 4 is 5.95 Å². The lowest BCUT2D eigenvalue weighted by molar-refractivity contribution is -0.0819. The van der Waals surface area contributed by atoms with E-state index in [0.29, 0.717) is 32.3 Å². The van der Waals surface area contributed by atoms with Gasteiger partial charge in [-0.15, -0.1) is 0 Å². The van der Waals surface area contributed by atoms with E-state index in [1.807, 2.05) is 36.5 Å². The monoisotopic (exact) mass is 392 g/mol. The number of hydrogen-bond acceptors (Lipinski definition) is 8. The molecule has 1 N–H and O–H groups in total. The standard InChI is InChI=1S/C21H20N4O4/c1-2-15(9-22-5-1)20-17(14-3-4-18-19(8-14)29-13-28-18)11-24-21(25-20)23-10-16-12-26-6-7-27-16/h1-5,8-9,11,16H,6-7,10,12-13H2,(H,23,24,25). The maximum absolute atomic E-state index is 5.67. The summed E-state index contributed by atoms with van der Waals surface area (Å²) in [7, 11) is 0. The fourth-order valence-electron chi connectivity index (χ4n) is 3.32. The van der Waals surface area contributed by atoms with E-state index in [2.05, 4.69) is 15.3 Å². The highest BCUT2D eigenvalue weighted by atomic mass is 16.7. The second-order valence-electron chi connectivity index (χ2n) is 6.71. The van der Waals surface area contributed by atoms with Crippen molar-refractivity contribution in [2.45, 2.75) is 6.10 Å². The topological polar surface area (TPSA) is 87.6 Å². The Labute approximate surface area is 167 Å². The van der Waals surface area contributed by atoms with Gasteiger partial charge in [0.2, 0.25) is 12.7 Å². The van der Waals surface area contributed by atoms with Crippen LogP contribution in [0.15, 0.2) is 48.9 Å². The van der Waals surface area contributed by atoms with Crippen LogP contribution in [0.4, 0.5) is 5.95 Å². The fourth-order valence-corrected chi connectivity index (χ4v) is 3.32. The van der Waals surface area contributed by atoms with Gasteiger partial charge in [-0.25, -0.2) is 9.97 Å². The molecule has 1 atom stereocenters. The molecule has 1 saturated heterocycles. The number of fused-ring (bicyclic) bond motifs is 1. The summed E-state index contributed by atoms with van der Waals surface area (Å²) in [6.45, 7) is 2.63. The number of anilines is 1. The lowest BCUT2D eigenvalue weighted by atomic mass is 10.0. The van der Waals surface area contributed by atoms with Crippen LogP contribution < -0.4 is 14.8 Å². The van der Waals surface area contributed by atoms with E-state index in [1.54, 1.807) is 12.4 Å². The van der Waals surface area contributed by atoms with E-state index in [4.69, 9.17) is 23.9 Å². The number of rotatable bonds is 5. The molecule has 1 fully saturated rings. The molecule has 2 aliphatic heterocycles. The van der Waals surface area contributed by atoms with Crippen molar-refractivity contribution in [1.82, 2.24) is 15.0 Å². The Hall–Kier alpha value is -3.23. The first-order valence-corrected chi connectivity index (χ1v) is 9.47. The molecule has 0 aliphatic carbocycles. The molecular formula is C21H20N4O4. The van der Waals surface area contributed by atoms with Crippen molar-refractivity contribution in [3.05, 3.63) is 48.9 Å². The number of nitrogens with zero attached hydrogens (tertiary/aromatic N) is 3. The number of hydrogen-bond donors (Lipinski definition) is 1. The SMILES string of the molecule is c1cncc(-c2nc(NCC3COCCO3)ncc2-c2ccc3c(c2)OCO3)c1. The van der Waals surface area contributed by atoms with Gasteiger partial charge in [0.05, 0.1) is 31.6 Å². The number of benzene rings is 1. The molecule has 0 radical (unpaired) electrons. The Morgan fingerprint density at radius 1 is 1.03 bits per heavy atom. The average Bonchev–Trinajstić information content (AvgIpc) is 3.27. The number of nitrogens with one attached hydrogen (secondary N) is 1. The molecule has 4 heterocycles. The van der Waals surface area contributed by atoms with Gasteiger partial charge >= 0.3 is 0 Å². The Morgan fingerprint density at radius 2 is 2.00 bits per heavy atom. The van der Waals surface area contributed by atoms with Gasteiger partial charge in [0.25, 0.3) is 0 Å². The first-order chi connectivity index (χ1) is 14.4. The first-order valence-electron chi connectivity index (χ1n) is 9.47. The van der Waals surface area contributed by atoms with Gasteiger partial charge in [0, 0.05) is 36.3 Å². The van der Waals surface area contributed by atoms with Crippen molar-refractivity contribution in [3.63, 3.8) is 0 Å². The van der Waals surface area contributed by atoms with E-state index in [1.165, 1.54) is 0 Å². The predicted molar refractivity (Wildman–Crippen MR) is 106 cm³/mol. The Kier molecular flexibility index (Phi) is 4.93. The van der Waals surface area contributed by atoms with Crippen LogP contribution in [-0.4, -0.2) is 54.2 Å². The maximum atomic E-state index is 5.67. The number of ether oxygens (including phenoxy) is 4. The normalized spacial score (nSPS) is 17.9. The minimum Gasteiger partial charge on any atom is -0.454 e. The Bertz CT molecular complexity index is 993. The summed E-state index contributed by atoms with van der Waals surface area (Å²) in [4.78, 5) is 13.5. The quantitative estimate of drug-likeness (QED) is 0.709. The molecule has 2 aliphatic rings. The third-order valence-corrected chi connectivity index (χ3v) is 4.78. The summed E-state index contributed by atoms with van der Waals surface area (Å²) < 4.78 is 22.1. The van der Waals surface area contributed by atoms with Crippen molar-refractivity contribution in [2.24, 2.45) is 0 Å². The van der Waals surface area contributed by atoms with Crippen LogP contribution in [0.1, 0.15) is 0 Å². The average molecular weight is 392 g/mol. The zero-order valence-electron chi connectivity index (χ0n) is 15.7. The number of pyridine rings is 1. The van der Waals surface area contributed by atoms with Crippen molar-refractivity contribution in [1.29, 1.82) is 0 Å². The highest BCUT2D eigenvalue weighted by molar-refractivity contribution is 5.81. The minimum absolute atomic E-state index is 0.0114. The fraction of sp³-hybridized carbons (Fsp3) is 0.286. The zero-order valence-corrected chi connectivity index (χ0v) is 15.7. The summed E-state index contributed by atoms with van der Waals surface area (Å²) in [5.74, 6) is 1.99. The maximum Gasteiger partial charge on any atom is 0.231 e. The van der Waals surface area contributed by atoms with Crippen molar-refractivity contribution < 1.29 is 18.9 Å². The van der Waals surface area contributed by atoms with E-state index >= 15 is 0 Å². The summed E-state index contributed by atoms with van der Waals surface area (Å²) in [6, 6.07) is 9.69. The highest BCUT2D eigenvalue weighted by Gasteiger charge is 2.18. The molecule has 2 aromatic heterocycles. The molecule has 3 aromatic rings. The van der Waals surface area contributed by atoms with Crippen LogP contribution in [0.25, 0.3) is 22.4 Å². The minimum atomic E-state index is -0.0114. The summed E-state index contributed by atoms with van der Waals surface area (Å²) in [6.07, 6.45) is 5.33. The molecule has 0 saturated carbocycles. The van der Waals surface area contributed by atoms with Gasteiger partial charge in [-0.05, 0) is 29.8 Å². The molecule has 5 rings (SSSR count).